The zero-order valence-electron chi connectivity index (χ0n) is 12.5. The number of aliphatic carboxylic acids is 1. The number of rotatable bonds is 1. The highest BCUT2D eigenvalue weighted by Gasteiger charge is 2.39. The highest BCUT2D eigenvalue weighted by Crippen LogP contribution is 2.34. The van der Waals surface area contributed by atoms with E-state index in [0.29, 0.717) is 32.2 Å². The van der Waals surface area contributed by atoms with Gasteiger partial charge in [0.15, 0.2) is 6.04 Å². The van der Waals surface area contributed by atoms with Crippen LogP contribution < -0.4 is 0 Å². The van der Waals surface area contributed by atoms with Crippen LogP contribution in [0.4, 0.5) is 4.79 Å². The molecule has 0 saturated carbocycles. The molecule has 6 nitrogen and oxygen atoms in total. The molecule has 0 aromatic heterocycles. The van der Waals surface area contributed by atoms with Crippen molar-refractivity contribution in [3.8, 4) is 0 Å². The van der Waals surface area contributed by atoms with Crippen LogP contribution in [0, 0.1) is 11.3 Å². The third-order valence-corrected chi connectivity index (χ3v) is 4.34. The number of hydrogen-bond acceptors (Lipinski definition) is 3. The molecule has 2 fully saturated rings. The molecule has 0 radical (unpaired) electrons. The maximum absolute atomic E-state index is 12.5. The number of carboxylic acid groups (broad SMARTS) is 1. The van der Waals surface area contributed by atoms with E-state index in [9.17, 15) is 14.7 Å². The molecule has 2 unspecified atom stereocenters. The summed E-state index contributed by atoms with van der Waals surface area (Å²) in [6.45, 7) is 8.81. The minimum atomic E-state index is -0.996. The molecule has 2 atom stereocenters. The Kier molecular flexibility index (Phi) is 4.22. The van der Waals surface area contributed by atoms with Gasteiger partial charge in [0, 0.05) is 19.6 Å². The van der Waals surface area contributed by atoms with E-state index in [2.05, 4.69) is 20.8 Å². The molecule has 0 aromatic carbocycles. The molecule has 0 aromatic rings. The van der Waals surface area contributed by atoms with E-state index in [4.69, 9.17) is 4.74 Å². The first-order chi connectivity index (χ1) is 9.30. The lowest BCUT2D eigenvalue weighted by Crippen LogP contribution is -2.56. The molecule has 0 bridgehead atoms. The predicted molar refractivity (Wildman–Crippen MR) is 73.5 cm³/mol. The first-order valence-corrected chi connectivity index (χ1v) is 7.17. The molecule has 0 aliphatic carbocycles. The van der Waals surface area contributed by atoms with Crippen molar-refractivity contribution in [2.45, 2.75) is 33.2 Å². The molecule has 0 spiro atoms. The number of ether oxygens (including phenoxy) is 1. The van der Waals surface area contributed by atoms with E-state index in [1.807, 2.05) is 0 Å². The van der Waals surface area contributed by atoms with Gasteiger partial charge in [-0.25, -0.2) is 9.59 Å². The smallest absolute Gasteiger partial charge is 0.328 e. The highest BCUT2D eigenvalue weighted by molar-refractivity contribution is 5.83. The number of likely N-dealkylation sites (tertiary alicyclic amines) is 1. The SMILES string of the molecule is CC(C)(C)C1CCN(C(=O)N2CCOCC2C(=O)O)C1. The molecule has 114 valence electrons. The van der Waals surface area contributed by atoms with Gasteiger partial charge in [-0.3, -0.25) is 0 Å². The Morgan fingerprint density at radius 1 is 1.25 bits per heavy atom. The topological polar surface area (TPSA) is 70.1 Å². The minimum Gasteiger partial charge on any atom is -0.480 e. The van der Waals surface area contributed by atoms with Gasteiger partial charge in [0.05, 0.1) is 13.2 Å². The van der Waals surface area contributed by atoms with Crippen LogP contribution in [0.5, 0.6) is 0 Å². The molecule has 2 saturated heterocycles. The van der Waals surface area contributed by atoms with Crippen molar-refractivity contribution in [1.82, 2.24) is 9.80 Å². The number of nitrogens with zero attached hydrogens (tertiary/aromatic N) is 2. The minimum absolute atomic E-state index is 0.0810. The summed E-state index contributed by atoms with van der Waals surface area (Å²) in [6.07, 6.45) is 0.983. The summed E-state index contributed by atoms with van der Waals surface area (Å²) in [5.41, 5.74) is 0.173. The van der Waals surface area contributed by atoms with Crippen LogP contribution in [0.3, 0.4) is 0 Å². The molecule has 2 amide bonds. The van der Waals surface area contributed by atoms with Crippen molar-refractivity contribution in [2.75, 3.05) is 32.8 Å². The Hall–Kier alpha value is -1.30. The number of hydrogen-bond donors (Lipinski definition) is 1. The summed E-state index contributed by atoms with van der Waals surface area (Å²) in [6, 6.07) is -1.02. The van der Waals surface area contributed by atoms with Gasteiger partial charge in [-0.15, -0.1) is 0 Å². The monoisotopic (exact) mass is 284 g/mol. The molecule has 2 aliphatic heterocycles. The van der Waals surface area contributed by atoms with E-state index >= 15 is 0 Å². The van der Waals surface area contributed by atoms with E-state index in [0.717, 1.165) is 6.42 Å². The van der Waals surface area contributed by atoms with Crippen LogP contribution in [0.2, 0.25) is 0 Å². The Morgan fingerprint density at radius 3 is 2.50 bits per heavy atom. The standard InChI is InChI=1S/C14H24N2O4/c1-14(2,3)10-4-5-15(8-10)13(19)16-6-7-20-9-11(16)12(17)18/h10-11H,4-9H2,1-3H3,(H,17,18). The average Bonchev–Trinajstić information content (AvgIpc) is 2.87. The summed E-state index contributed by atoms with van der Waals surface area (Å²) in [7, 11) is 0. The van der Waals surface area contributed by atoms with Crippen LogP contribution in [0.15, 0.2) is 0 Å². The summed E-state index contributed by atoms with van der Waals surface area (Å²) >= 11 is 0. The second-order valence-electron chi connectivity index (χ2n) is 6.70. The number of urea groups is 1. The molecule has 2 aliphatic rings. The van der Waals surface area contributed by atoms with Crippen molar-refractivity contribution in [3.63, 3.8) is 0 Å². The van der Waals surface area contributed by atoms with Crippen LogP contribution in [-0.2, 0) is 9.53 Å². The first kappa shape index (κ1) is 15.1. The highest BCUT2D eigenvalue weighted by atomic mass is 16.5. The third kappa shape index (κ3) is 3.06. The number of amides is 2. The van der Waals surface area contributed by atoms with E-state index in [1.165, 1.54) is 4.90 Å². The normalized spacial score (nSPS) is 27.8. The summed E-state index contributed by atoms with van der Waals surface area (Å²) in [5, 5.41) is 9.19. The second-order valence-corrected chi connectivity index (χ2v) is 6.70. The van der Waals surface area contributed by atoms with E-state index < -0.39 is 12.0 Å². The fourth-order valence-electron chi connectivity index (χ4n) is 2.86. The first-order valence-electron chi connectivity index (χ1n) is 7.17. The Balaban J connectivity index is 2.02. The van der Waals surface area contributed by atoms with Gasteiger partial charge in [-0.1, -0.05) is 20.8 Å². The van der Waals surface area contributed by atoms with Gasteiger partial charge >= 0.3 is 12.0 Å². The lowest BCUT2D eigenvalue weighted by Gasteiger charge is -2.36. The maximum atomic E-state index is 12.5. The largest absolute Gasteiger partial charge is 0.480 e. The molecular weight excluding hydrogens is 260 g/mol. The van der Waals surface area contributed by atoms with Gasteiger partial charge in [-0.05, 0) is 17.8 Å². The molecular formula is C14H24N2O4. The lowest BCUT2D eigenvalue weighted by atomic mass is 9.80. The average molecular weight is 284 g/mol. The summed E-state index contributed by atoms with van der Waals surface area (Å²) in [4.78, 5) is 27.0. The number of carbonyl (C=O) groups excluding carboxylic acids is 1. The van der Waals surface area contributed by atoms with Crippen molar-refractivity contribution in [1.29, 1.82) is 0 Å². The second kappa shape index (κ2) is 5.60. The number of carbonyl (C=O) groups is 2. The van der Waals surface area contributed by atoms with Gasteiger partial charge in [0.1, 0.15) is 0 Å². The summed E-state index contributed by atoms with van der Waals surface area (Å²) in [5.74, 6) is -0.527. The lowest BCUT2D eigenvalue weighted by molar-refractivity contribution is -0.147. The van der Waals surface area contributed by atoms with Crippen LogP contribution in [0.1, 0.15) is 27.2 Å². The van der Waals surface area contributed by atoms with Gasteiger partial charge in [-0.2, -0.15) is 0 Å². The fraction of sp³-hybridized carbons (Fsp3) is 0.857. The Labute approximate surface area is 119 Å². The zero-order valence-corrected chi connectivity index (χ0v) is 12.5. The van der Waals surface area contributed by atoms with Gasteiger partial charge in [0.2, 0.25) is 0 Å². The molecule has 20 heavy (non-hydrogen) atoms. The quantitative estimate of drug-likeness (QED) is 0.787. The third-order valence-electron chi connectivity index (χ3n) is 4.34. The van der Waals surface area contributed by atoms with Crippen molar-refractivity contribution >= 4 is 12.0 Å². The van der Waals surface area contributed by atoms with Gasteiger partial charge < -0.3 is 19.6 Å². The molecule has 6 heteroatoms. The van der Waals surface area contributed by atoms with Crippen LogP contribution >= 0.6 is 0 Å². The molecule has 2 rings (SSSR count). The summed E-state index contributed by atoms with van der Waals surface area (Å²) < 4.78 is 5.17. The van der Waals surface area contributed by atoms with Crippen LogP contribution in [0.25, 0.3) is 0 Å². The zero-order chi connectivity index (χ0) is 14.9. The van der Waals surface area contributed by atoms with Crippen molar-refractivity contribution in [2.24, 2.45) is 11.3 Å². The van der Waals surface area contributed by atoms with Gasteiger partial charge in [0.25, 0.3) is 0 Å². The number of carboxylic acids is 1. The molecule has 2 heterocycles. The van der Waals surface area contributed by atoms with E-state index in [1.54, 1.807) is 4.90 Å². The number of morpholine rings is 1. The maximum Gasteiger partial charge on any atom is 0.328 e. The van der Waals surface area contributed by atoms with E-state index in [-0.39, 0.29) is 18.1 Å². The van der Waals surface area contributed by atoms with Crippen LogP contribution in [-0.4, -0.2) is 65.8 Å². The van der Waals surface area contributed by atoms with Crippen molar-refractivity contribution < 1.29 is 19.4 Å². The fourth-order valence-corrected chi connectivity index (χ4v) is 2.86. The predicted octanol–water partition coefficient (Wildman–Crippen LogP) is 1.26. The molecule has 1 N–H and O–H groups in total. The Morgan fingerprint density at radius 2 is 1.95 bits per heavy atom. The Bertz CT molecular complexity index is 391. The van der Waals surface area contributed by atoms with Crippen molar-refractivity contribution in [3.05, 3.63) is 0 Å².